The summed E-state index contributed by atoms with van der Waals surface area (Å²) < 4.78 is 8.06. The zero-order valence-electron chi connectivity index (χ0n) is 22.5. The number of hydrogen-bond acceptors (Lipinski definition) is 14. The maximum Gasteiger partial charge on any atom is 2.00 e. The van der Waals surface area contributed by atoms with Crippen LogP contribution in [-0.4, -0.2) is 70.2 Å². The van der Waals surface area contributed by atoms with Crippen LogP contribution in [0.1, 0.15) is 0 Å². The van der Waals surface area contributed by atoms with Gasteiger partial charge in [-0.05, 0) is 48.5 Å². The molecule has 0 saturated carbocycles. The normalized spacial score (nSPS) is 8.91. The van der Waals surface area contributed by atoms with E-state index in [0.29, 0.717) is 0 Å². The van der Waals surface area contributed by atoms with Crippen molar-refractivity contribution >= 4 is 23.9 Å². The van der Waals surface area contributed by atoms with Gasteiger partial charge in [0.15, 0.2) is 0 Å². The Morgan fingerprint density at radius 3 is 0.773 bits per heavy atom. The van der Waals surface area contributed by atoms with Crippen molar-refractivity contribution in [1.29, 1.82) is 0 Å². The molecule has 4 heterocycles. The SMILES string of the molecule is O=C([O-])COCC(=O)[O-].O=C([O-])COCC(=O)[O-].[Cu+2].[Cu+2].c1ccc(-c2ccccn2)nc1.c1ccc(-c2ccccn2)nc1. The van der Waals surface area contributed by atoms with Crippen molar-refractivity contribution in [1.82, 2.24) is 19.9 Å². The van der Waals surface area contributed by atoms with E-state index in [4.69, 9.17) is 0 Å². The summed E-state index contributed by atoms with van der Waals surface area (Å²) in [7, 11) is 0. The van der Waals surface area contributed by atoms with Crippen molar-refractivity contribution in [3.63, 3.8) is 0 Å². The number of pyridine rings is 4. The van der Waals surface area contributed by atoms with Crippen molar-refractivity contribution in [3.05, 3.63) is 97.6 Å². The fraction of sp³-hybridized carbons (Fsp3) is 0.143. The third-order valence-electron chi connectivity index (χ3n) is 4.06. The molecule has 238 valence electrons. The number of hydrogen-bond donors (Lipinski definition) is 0. The Kier molecular flexibility index (Phi) is 24.7. The van der Waals surface area contributed by atoms with Crippen LogP contribution in [0.15, 0.2) is 97.6 Å². The summed E-state index contributed by atoms with van der Waals surface area (Å²) in [6, 6.07) is 23.2. The molecular formula is C28H24Cu2N4O10. The number of ether oxygens (including phenoxy) is 2. The number of carbonyl (C=O) groups is 4. The Morgan fingerprint density at radius 2 is 0.636 bits per heavy atom. The third-order valence-corrected chi connectivity index (χ3v) is 4.06. The van der Waals surface area contributed by atoms with Gasteiger partial charge in [0.25, 0.3) is 0 Å². The van der Waals surface area contributed by atoms with Crippen LogP contribution in [0.4, 0.5) is 0 Å². The van der Waals surface area contributed by atoms with Crippen molar-refractivity contribution in [2.75, 3.05) is 26.4 Å². The zero-order chi connectivity index (χ0) is 31.0. The minimum Gasteiger partial charge on any atom is -0.548 e. The van der Waals surface area contributed by atoms with Crippen LogP contribution in [-0.2, 0) is 62.8 Å². The molecule has 0 aromatic carbocycles. The molecule has 0 amide bonds. The molecule has 0 atom stereocenters. The Morgan fingerprint density at radius 1 is 0.432 bits per heavy atom. The van der Waals surface area contributed by atoms with Gasteiger partial charge in [0.2, 0.25) is 0 Å². The quantitative estimate of drug-likeness (QED) is 0.153. The maximum atomic E-state index is 9.53. The zero-order valence-corrected chi connectivity index (χ0v) is 24.4. The van der Waals surface area contributed by atoms with Gasteiger partial charge in [0.1, 0.15) is 0 Å². The van der Waals surface area contributed by atoms with Gasteiger partial charge in [0, 0.05) is 24.8 Å². The summed E-state index contributed by atoms with van der Waals surface area (Å²) in [4.78, 5) is 54.9. The van der Waals surface area contributed by atoms with E-state index in [2.05, 4.69) is 29.4 Å². The minimum atomic E-state index is -1.45. The largest absolute Gasteiger partial charge is 2.00 e. The summed E-state index contributed by atoms with van der Waals surface area (Å²) in [5.74, 6) is -5.79. The monoisotopic (exact) mass is 702 g/mol. The summed E-state index contributed by atoms with van der Waals surface area (Å²) in [6.45, 7) is -2.86. The Balaban J connectivity index is 0. The van der Waals surface area contributed by atoms with Crippen LogP contribution in [0, 0.1) is 0 Å². The first-order chi connectivity index (χ1) is 20.2. The van der Waals surface area contributed by atoms with Crippen LogP contribution in [0.25, 0.3) is 22.8 Å². The Hall–Kier alpha value is -4.56. The van der Waals surface area contributed by atoms with E-state index in [1.165, 1.54) is 0 Å². The number of aliphatic carboxylic acids is 4. The Labute approximate surface area is 273 Å². The number of aromatic nitrogens is 4. The molecule has 0 aliphatic rings. The number of nitrogens with zero attached hydrogens (tertiary/aromatic N) is 4. The predicted octanol–water partition coefficient (Wildman–Crippen LogP) is -2.71. The summed E-state index contributed by atoms with van der Waals surface area (Å²) in [5.41, 5.74) is 3.66. The van der Waals surface area contributed by atoms with E-state index in [0.717, 1.165) is 22.8 Å². The predicted molar refractivity (Wildman–Crippen MR) is 137 cm³/mol. The number of rotatable bonds is 10. The van der Waals surface area contributed by atoms with Gasteiger partial charge < -0.3 is 49.1 Å². The average molecular weight is 704 g/mol. The van der Waals surface area contributed by atoms with Gasteiger partial charge in [-0.25, -0.2) is 0 Å². The molecule has 0 saturated heterocycles. The molecule has 44 heavy (non-hydrogen) atoms. The molecule has 16 heteroatoms. The number of carbonyl (C=O) groups excluding carboxylic acids is 4. The average Bonchev–Trinajstić information content (AvgIpc) is 2.99. The van der Waals surface area contributed by atoms with E-state index >= 15 is 0 Å². The molecule has 4 aromatic rings. The molecule has 0 aliphatic carbocycles. The van der Waals surface area contributed by atoms with E-state index in [1.807, 2.05) is 72.8 Å². The summed E-state index contributed by atoms with van der Waals surface area (Å²) >= 11 is 0. The summed E-state index contributed by atoms with van der Waals surface area (Å²) in [5, 5.41) is 38.1. The molecule has 4 rings (SSSR count). The van der Waals surface area contributed by atoms with Gasteiger partial charge in [-0.2, -0.15) is 0 Å². The van der Waals surface area contributed by atoms with E-state index in [9.17, 15) is 39.6 Å². The molecule has 2 radical (unpaired) electrons. The van der Waals surface area contributed by atoms with Gasteiger partial charge in [-0.1, -0.05) is 24.3 Å². The second-order valence-corrected chi connectivity index (χ2v) is 7.33. The van der Waals surface area contributed by atoms with Gasteiger partial charge >= 0.3 is 34.1 Å². The van der Waals surface area contributed by atoms with Crippen molar-refractivity contribution in [3.8, 4) is 22.8 Å². The number of carboxylic acids is 4. The Bertz CT molecular complexity index is 1130. The van der Waals surface area contributed by atoms with Gasteiger partial charge in [0.05, 0.1) is 73.1 Å². The minimum absolute atomic E-state index is 0. The first-order valence-electron chi connectivity index (χ1n) is 11.8. The topological polar surface area (TPSA) is 231 Å². The fourth-order valence-corrected chi connectivity index (χ4v) is 2.49. The molecule has 0 N–H and O–H groups in total. The molecule has 0 spiro atoms. The second-order valence-electron chi connectivity index (χ2n) is 7.33. The summed E-state index contributed by atoms with van der Waals surface area (Å²) in [6.07, 6.45) is 7.07. The molecule has 4 aromatic heterocycles. The number of carboxylic acid groups (broad SMARTS) is 4. The van der Waals surface area contributed by atoms with Crippen LogP contribution in [0.2, 0.25) is 0 Å². The molecule has 0 bridgehead atoms. The maximum absolute atomic E-state index is 9.53. The fourth-order valence-electron chi connectivity index (χ4n) is 2.49. The van der Waals surface area contributed by atoms with Crippen molar-refractivity contribution in [2.45, 2.75) is 0 Å². The standard InChI is InChI=1S/2C10H8N2.2C4H6O5.2Cu/c2*1-3-7-11-9(5-1)10-6-2-4-8-12-10;2*5-3(6)1-9-2-4(7)8;;/h2*1-8H;2*1-2H2,(H,5,6)(H,7,8);;/q;;;;2*+2/p-4. The smallest absolute Gasteiger partial charge is 0.548 e. The van der Waals surface area contributed by atoms with Gasteiger partial charge in [-0.3, -0.25) is 19.9 Å². The van der Waals surface area contributed by atoms with Crippen LogP contribution >= 0.6 is 0 Å². The third kappa shape index (κ3) is 22.1. The molecule has 0 unspecified atom stereocenters. The first kappa shape index (κ1) is 41.6. The molecule has 14 nitrogen and oxygen atoms in total. The van der Waals surface area contributed by atoms with E-state index in [-0.39, 0.29) is 34.1 Å². The first-order valence-corrected chi connectivity index (χ1v) is 11.8. The molecular weight excluding hydrogens is 679 g/mol. The van der Waals surface area contributed by atoms with Crippen LogP contribution in [0.5, 0.6) is 0 Å². The van der Waals surface area contributed by atoms with Crippen LogP contribution < -0.4 is 20.4 Å². The van der Waals surface area contributed by atoms with E-state index < -0.39 is 50.3 Å². The molecule has 0 fully saturated rings. The van der Waals surface area contributed by atoms with E-state index in [1.54, 1.807) is 24.8 Å². The van der Waals surface area contributed by atoms with Crippen molar-refractivity contribution in [2.24, 2.45) is 0 Å². The van der Waals surface area contributed by atoms with Crippen molar-refractivity contribution < 1.29 is 83.2 Å². The van der Waals surface area contributed by atoms with Crippen LogP contribution in [0.3, 0.4) is 0 Å². The molecule has 0 aliphatic heterocycles. The van der Waals surface area contributed by atoms with Gasteiger partial charge in [-0.15, -0.1) is 0 Å². The second kappa shape index (κ2) is 26.1.